The number of carboxylic acids is 2. The molecule has 0 aliphatic carbocycles. The molecule has 7 nitrogen and oxygen atoms in total. The summed E-state index contributed by atoms with van der Waals surface area (Å²) in [5.41, 5.74) is 0.633. The number of rotatable bonds is 7. The Kier molecular flexibility index (Phi) is 5.52. The van der Waals surface area contributed by atoms with E-state index in [1.165, 1.54) is 12.1 Å². The molecule has 20 heavy (non-hydrogen) atoms. The second-order valence-electron chi connectivity index (χ2n) is 4.22. The number of hydrogen-bond donors (Lipinski definition) is 4. The molecule has 0 saturated carbocycles. The number of amides is 1. The zero-order valence-electron chi connectivity index (χ0n) is 10.6. The molecule has 1 aromatic carbocycles. The number of aliphatic carboxylic acids is 2. The number of phenolic OH excluding ortho intramolecular Hbond substituents is 1. The first-order valence-corrected chi connectivity index (χ1v) is 5.90. The largest absolute Gasteiger partial charge is 0.508 e. The van der Waals surface area contributed by atoms with Crippen molar-refractivity contribution in [2.24, 2.45) is 0 Å². The lowest BCUT2D eigenvalue weighted by atomic mass is 10.1. The van der Waals surface area contributed by atoms with Crippen LogP contribution in [-0.2, 0) is 20.8 Å². The Hall–Kier alpha value is -2.57. The molecule has 0 radical (unpaired) electrons. The molecule has 108 valence electrons. The number of hydrogen-bond acceptors (Lipinski definition) is 4. The standard InChI is InChI=1S/C13H15NO6/c15-9-3-1-8(2-4-9)7-10(13(19)20)14-11(16)5-6-12(17)18/h1-4,10,15H,5-7H2,(H,14,16)(H,17,18)(H,19,20). The van der Waals surface area contributed by atoms with E-state index in [9.17, 15) is 14.4 Å². The predicted molar refractivity (Wildman–Crippen MR) is 68.2 cm³/mol. The summed E-state index contributed by atoms with van der Waals surface area (Å²) in [6.45, 7) is 0. The van der Waals surface area contributed by atoms with Crippen LogP contribution in [0.25, 0.3) is 0 Å². The van der Waals surface area contributed by atoms with Crippen molar-refractivity contribution >= 4 is 17.8 Å². The summed E-state index contributed by atoms with van der Waals surface area (Å²) < 4.78 is 0. The first kappa shape index (κ1) is 15.5. The van der Waals surface area contributed by atoms with Gasteiger partial charge in [0.05, 0.1) is 6.42 Å². The summed E-state index contributed by atoms with van der Waals surface area (Å²) in [5.74, 6) is -2.89. The van der Waals surface area contributed by atoms with Crippen molar-refractivity contribution in [2.45, 2.75) is 25.3 Å². The fourth-order valence-corrected chi connectivity index (χ4v) is 1.55. The van der Waals surface area contributed by atoms with E-state index in [1.54, 1.807) is 12.1 Å². The van der Waals surface area contributed by atoms with Crippen LogP contribution in [0.5, 0.6) is 5.75 Å². The Labute approximate surface area is 114 Å². The summed E-state index contributed by atoms with van der Waals surface area (Å²) in [6, 6.07) is 4.80. The van der Waals surface area contributed by atoms with Gasteiger partial charge in [0.2, 0.25) is 5.91 Å². The van der Waals surface area contributed by atoms with Gasteiger partial charge < -0.3 is 20.6 Å². The SMILES string of the molecule is O=C(O)CCC(=O)NC(Cc1ccc(O)cc1)C(=O)O. The Bertz CT molecular complexity index is 496. The Balaban J connectivity index is 2.60. The number of carbonyl (C=O) groups excluding carboxylic acids is 1. The van der Waals surface area contributed by atoms with Gasteiger partial charge in [-0.25, -0.2) is 4.79 Å². The summed E-state index contributed by atoms with van der Waals surface area (Å²) in [5, 5.41) is 28.9. The number of aromatic hydroxyl groups is 1. The molecule has 0 spiro atoms. The minimum absolute atomic E-state index is 0.0500. The molecule has 0 fully saturated rings. The second-order valence-corrected chi connectivity index (χ2v) is 4.22. The first-order chi connectivity index (χ1) is 9.38. The van der Waals surface area contributed by atoms with Gasteiger partial charge in [0.1, 0.15) is 11.8 Å². The predicted octanol–water partition coefficient (Wildman–Crippen LogP) is 0.369. The molecule has 0 aliphatic rings. The van der Waals surface area contributed by atoms with Gasteiger partial charge in [0.25, 0.3) is 0 Å². The molecule has 1 aromatic rings. The molecular formula is C13H15NO6. The molecule has 1 amide bonds. The van der Waals surface area contributed by atoms with Crippen molar-refractivity contribution in [3.63, 3.8) is 0 Å². The highest BCUT2D eigenvalue weighted by molar-refractivity contribution is 5.85. The molecule has 0 heterocycles. The average Bonchev–Trinajstić information content (AvgIpc) is 2.38. The van der Waals surface area contributed by atoms with E-state index in [4.69, 9.17) is 15.3 Å². The van der Waals surface area contributed by atoms with E-state index in [2.05, 4.69) is 5.32 Å². The molecule has 1 atom stereocenters. The van der Waals surface area contributed by atoms with Crippen LogP contribution < -0.4 is 5.32 Å². The number of carbonyl (C=O) groups is 3. The van der Waals surface area contributed by atoms with Gasteiger partial charge in [-0.1, -0.05) is 12.1 Å². The van der Waals surface area contributed by atoms with E-state index >= 15 is 0 Å². The second kappa shape index (κ2) is 7.13. The summed E-state index contributed by atoms with van der Waals surface area (Å²) in [6.07, 6.45) is -0.569. The van der Waals surface area contributed by atoms with Crippen molar-refractivity contribution in [2.75, 3.05) is 0 Å². The minimum Gasteiger partial charge on any atom is -0.508 e. The van der Waals surface area contributed by atoms with E-state index in [0.29, 0.717) is 5.56 Å². The molecular weight excluding hydrogens is 266 g/mol. The smallest absolute Gasteiger partial charge is 0.326 e. The summed E-state index contributed by atoms with van der Waals surface area (Å²) in [7, 11) is 0. The fourth-order valence-electron chi connectivity index (χ4n) is 1.55. The lowest BCUT2D eigenvalue weighted by Gasteiger charge is -2.14. The molecule has 0 aliphatic heterocycles. The molecule has 4 N–H and O–H groups in total. The van der Waals surface area contributed by atoms with Crippen LogP contribution in [0.1, 0.15) is 18.4 Å². The number of carboxylic acid groups (broad SMARTS) is 2. The third-order valence-corrected chi connectivity index (χ3v) is 2.58. The van der Waals surface area contributed by atoms with Crippen LogP contribution >= 0.6 is 0 Å². The Morgan fingerprint density at radius 1 is 1.05 bits per heavy atom. The van der Waals surface area contributed by atoms with E-state index in [-0.39, 0.29) is 25.0 Å². The number of benzene rings is 1. The minimum atomic E-state index is -1.21. The van der Waals surface area contributed by atoms with Crippen molar-refractivity contribution in [3.8, 4) is 5.75 Å². The number of nitrogens with one attached hydrogen (secondary N) is 1. The monoisotopic (exact) mass is 281 g/mol. The highest BCUT2D eigenvalue weighted by atomic mass is 16.4. The Morgan fingerprint density at radius 2 is 1.65 bits per heavy atom. The van der Waals surface area contributed by atoms with Crippen molar-refractivity contribution < 1.29 is 29.7 Å². The molecule has 0 bridgehead atoms. The molecule has 1 unspecified atom stereocenters. The van der Waals surface area contributed by atoms with Gasteiger partial charge in [-0.2, -0.15) is 0 Å². The van der Waals surface area contributed by atoms with E-state index in [1.807, 2.05) is 0 Å². The lowest BCUT2D eigenvalue weighted by Crippen LogP contribution is -2.42. The molecule has 1 rings (SSSR count). The van der Waals surface area contributed by atoms with Crippen molar-refractivity contribution in [1.82, 2.24) is 5.32 Å². The third kappa shape index (κ3) is 5.38. The first-order valence-electron chi connectivity index (χ1n) is 5.90. The third-order valence-electron chi connectivity index (χ3n) is 2.58. The van der Waals surface area contributed by atoms with Crippen LogP contribution in [0.15, 0.2) is 24.3 Å². The fraction of sp³-hybridized carbons (Fsp3) is 0.308. The van der Waals surface area contributed by atoms with Gasteiger partial charge in [-0.05, 0) is 17.7 Å². The van der Waals surface area contributed by atoms with Crippen molar-refractivity contribution in [1.29, 1.82) is 0 Å². The van der Waals surface area contributed by atoms with E-state index < -0.39 is 23.9 Å². The van der Waals surface area contributed by atoms with Gasteiger partial charge in [-0.15, -0.1) is 0 Å². The topological polar surface area (TPSA) is 124 Å². The van der Waals surface area contributed by atoms with Gasteiger partial charge in [0.15, 0.2) is 0 Å². The zero-order chi connectivity index (χ0) is 15.1. The zero-order valence-corrected chi connectivity index (χ0v) is 10.6. The molecule has 0 saturated heterocycles. The van der Waals surface area contributed by atoms with Crippen LogP contribution in [0.3, 0.4) is 0 Å². The number of phenols is 1. The molecule has 7 heteroatoms. The van der Waals surface area contributed by atoms with Crippen LogP contribution in [-0.4, -0.2) is 39.2 Å². The van der Waals surface area contributed by atoms with Crippen molar-refractivity contribution in [3.05, 3.63) is 29.8 Å². The quantitative estimate of drug-likeness (QED) is 0.572. The van der Waals surface area contributed by atoms with Gasteiger partial charge >= 0.3 is 11.9 Å². The highest BCUT2D eigenvalue weighted by Gasteiger charge is 2.20. The maximum absolute atomic E-state index is 11.4. The maximum atomic E-state index is 11.4. The lowest BCUT2D eigenvalue weighted by molar-refractivity contribution is -0.142. The van der Waals surface area contributed by atoms with E-state index in [0.717, 1.165) is 0 Å². The normalized spacial score (nSPS) is 11.6. The molecule has 0 aromatic heterocycles. The van der Waals surface area contributed by atoms with Gasteiger partial charge in [-0.3, -0.25) is 9.59 Å². The van der Waals surface area contributed by atoms with Crippen LogP contribution in [0.4, 0.5) is 0 Å². The summed E-state index contributed by atoms with van der Waals surface area (Å²) in [4.78, 5) is 32.8. The Morgan fingerprint density at radius 3 is 2.15 bits per heavy atom. The average molecular weight is 281 g/mol. The van der Waals surface area contributed by atoms with Crippen LogP contribution in [0, 0.1) is 0 Å². The summed E-state index contributed by atoms with van der Waals surface area (Å²) >= 11 is 0. The van der Waals surface area contributed by atoms with Gasteiger partial charge in [0, 0.05) is 12.8 Å². The van der Waals surface area contributed by atoms with Crippen LogP contribution in [0.2, 0.25) is 0 Å². The highest BCUT2D eigenvalue weighted by Crippen LogP contribution is 2.11. The maximum Gasteiger partial charge on any atom is 0.326 e.